The molecule has 0 saturated heterocycles. The van der Waals surface area contributed by atoms with E-state index in [4.69, 9.17) is 17.1 Å². The van der Waals surface area contributed by atoms with Crippen molar-refractivity contribution < 1.29 is 4.84 Å². The van der Waals surface area contributed by atoms with Crippen molar-refractivity contribution in [1.29, 1.82) is 0 Å². The van der Waals surface area contributed by atoms with Crippen LogP contribution in [0.25, 0.3) is 15.7 Å². The number of nitrogen functional groups attached to an aromatic ring is 1. The number of anilines is 3. The molecule has 0 unspecified atom stereocenters. The van der Waals surface area contributed by atoms with Crippen LogP contribution in [0.1, 0.15) is 11.1 Å². The Balaban J connectivity index is 1.61. The lowest BCUT2D eigenvalue weighted by molar-refractivity contribution is 0.215. The minimum Gasteiger partial charge on any atom is -0.399 e. The van der Waals surface area contributed by atoms with Gasteiger partial charge in [-0.1, -0.05) is 29.4 Å². The summed E-state index contributed by atoms with van der Waals surface area (Å²) >= 11 is 0. The highest BCUT2D eigenvalue weighted by Gasteiger charge is 2.10. The van der Waals surface area contributed by atoms with Gasteiger partial charge in [-0.25, -0.2) is 14.8 Å². The summed E-state index contributed by atoms with van der Waals surface area (Å²) in [5.74, 6) is 0.815. The van der Waals surface area contributed by atoms with Gasteiger partial charge in [-0.3, -0.25) is 4.68 Å². The fourth-order valence-electron chi connectivity index (χ4n) is 3.07. The van der Waals surface area contributed by atoms with Crippen molar-refractivity contribution in [2.75, 3.05) is 18.2 Å². The summed E-state index contributed by atoms with van der Waals surface area (Å²) in [6.45, 7) is 7.75. The van der Waals surface area contributed by atoms with E-state index in [1.54, 1.807) is 12.3 Å². The third kappa shape index (κ3) is 3.88. The van der Waals surface area contributed by atoms with Crippen LogP contribution < -0.4 is 11.1 Å². The molecule has 0 amide bonds. The molecular weight excluding hydrogens is 380 g/mol. The molecule has 4 aromatic rings. The molecule has 9 nitrogen and oxygen atoms in total. The molecule has 0 radical (unpaired) electrons. The molecule has 0 aliphatic heterocycles. The fourth-order valence-corrected chi connectivity index (χ4v) is 3.07. The van der Waals surface area contributed by atoms with E-state index < -0.39 is 0 Å². The van der Waals surface area contributed by atoms with Crippen molar-refractivity contribution in [2.45, 2.75) is 6.54 Å². The molecule has 2 heterocycles. The molecule has 0 aliphatic carbocycles. The van der Waals surface area contributed by atoms with Crippen LogP contribution in [-0.2, 0) is 11.4 Å². The second-order valence-corrected chi connectivity index (χ2v) is 6.42. The first-order valence-corrected chi connectivity index (χ1v) is 9.04. The molecule has 2 aromatic heterocycles. The van der Waals surface area contributed by atoms with Gasteiger partial charge in [0, 0.05) is 11.1 Å². The maximum atomic E-state index is 7.17. The van der Waals surface area contributed by atoms with Gasteiger partial charge in [0.2, 0.25) is 0 Å². The second-order valence-electron chi connectivity index (χ2n) is 6.42. The first kappa shape index (κ1) is 18.9. The number of nitrogens with two attached hydrogens (primary N) is 1. The SMILES string of the molecule is [C-]#[N+]c1cccc(Cn2ncc3cc(Nc4ncnc(N)c4C=NOC)ccc32)c1. The topological polar surface area (TPSA) is 108 Å². The van der Waals surface area contributed by atoms with Crippen LogP contribution in [0.5, 0.6) is 0 Å². The van der Waals surface area contributed by atoms with E-state index in [9.17, 15) is 0 Å². The molecule has 148 valence electrons. The maximum Gasteiger partial charge on any atom is 0.187 e. The molecule has 0 fully saturated rings. The van der Waals surface area contributed by atoms with Gasteiger partial charge >= 0.3 is 0 Å². The first-order valence-electron chi connectivity index (χ1n) is 9.04. The lowest BCUT2D eigenvalue weighted by Crippen LogP contribution is -2.05. The molecule has 3 N–H and O–H groups in total. The quantitative estimate of drug-likeness (QED) is 0.291. The Morgan fingerprint density at radius 1 is 1.27 bits per heavy atom. The van der Waals surface area contributed by atoms with Crippen molar-refractivity contribution in [1.82, 2.24) is 19.7 Å². The van der Waals surface area contributed by atoms with Crippen LogP contribution in [0.3, 0.4) is 0 Å². The van der Waals surface area contributed by atoms with Gasteiger partial charge in [0.1, 0.15) is 25.1 Å². The smallest absolute Gasteiger partial charge is 0.187 e. The summed E-state index contributed by atoms with van der Waals surface area (Å²) in [7, 11) is 1.45. The zero-order valence-electron chi connectivity index (χ0n) is 16.1. The highest BCUT2D eigenvalue weighted by atomic mass is 16.6. The van der Waals surface area contributed by atoms with Crippen molar-refractivity contribution >= 4 is 40.1 Å². The Morgan fingerprint density at radius 2 is 2.17 bits per heavy atom. The number of oxime groups is 1. The van der Waals surface area contributed by atoms with E-state index in [0.29, 0.717) is 29.4 Å². The molecule has 0 spiro atoms. The summed E-state index contributed by atoms with van der Waals surface area (Å²) in [6, 6.07) is 13.4. The van der Waals surface area contributed by atoms with E-state index in [-0.39, 0.29) is 0 Å². The summed E-state index contributed by atoms with van der Waals surface area (Å²) in [5.41, 5.74) is 9.92. The van der Waals surface area contributed by atoms with Gasteiger partial charge in [0.05, 0.1) is 36.6 Å². The van der Waals surface area contributed by atoms with Gasteiger partial charge in [-0.15, -0.1) is 0 Å². The van der Waals surface area contributed by atoms with Crippen molar-refractivity contribution in [3.05, 3.63) is 77.5 Å². The van der Waals surface area contributed by atoms with Crippen LogP contribution >= 0.6 is 0 Å². The van der Waals surface area contributed by atoms with Gasteiger partial charge < -0.3 is 15.9 Å². The van der Waals surface area contributed by atoms with E-state index in [2.05, 4.69) is 30.4 Å². The third-order valence-electron chi connectivity index (χ3n) is 4.48. The summed E-state index contributed by atoms with van der Waals surface area (Å²) in [6.07, 6.45) is 4.65. The zero-order valence-corrected chi connectivity index (χ0v) is 16.1. The highest BCUT2D eigenvalue weighted by Crippen LogP contribution is 2.25. The number of benzene rings is 2. The highest BCUT2D eigenvalue weighted by molar-refractivity contribution is 5.93. The van der Waals surface area contributed by atoms with Crippen molar-refractivity contribution in [3.8, 4) is 0 Å². The minimum atomic E-state index is 0.295. The average molecular weight is 398 g/mol. The fraction of sp³-hybridized carbons (Fsp3) is 0.0952. The summed E-state index contributed by atoms with van der Waals surface area (Å²) in [4.78, 5) is 16.5. The number of nitrogens with one attached hydrogen (secondary N) is 1. The molecular formula is C21H18N8O. The van der Waals surface area contributed by atoms with E-state index in [0.717, 1.165) is 22.2 Å². The summed E-state index contributed by atoms with van der Waals surface area (Å²) < 4.78 is 1.90. The van der Waals surface area contributed by atoms with E-state index in [1.165, 1.54) is 19.7 Å². The Bertz CT molecular complexity index is 1270. The van der Waals surface area contributed by atoms with Crippen LogP contribution in [0.4, 0.5) is 23.0 Å². The molecule has 0 bridgehead atoms. The van der Waals surface area contributed by atoms with E-state index in [1.807, 2.05) is 41.1 Å². The Kier molecular flexibility index (Phi) is 5.21. The molecule has 0 saturated carbocycles. The lowest BCUT2D eigenvalue weighted by atomic mass is 10.2. The Morgan fingerprint density at radius 3 is 3.00 bits per heavy atom. The Labute approximate surface area is 172 Å². The van der Waals surface area contributed by atoms with Crippen LogP contribution in [-0.4, -0.2) is 33.1 Å². The first-order chi connectivity index (χ1) is 14.7. The number of fused-ring (bicyclic) bond motifs is 1. The van der Waals surface area contributed by atoms with Crippen LogP contribution in [0.2, 0.25) is 0 Å². The van der Waals surface area contributed by atoms with Crippen molar-refractivity contribution in [3.63, 3.8) is 0 Å². The van der Waals surface area contributed by atoms with Crippen LogP contribution in [0.15, 0.2) is 60.1 Å². The minimum absolute atomic E-state index is 0.295. The number of aromatic nitrogens is 4. The second kappa shape index (κ2) is 8.28. The standard InChI is InChI=1S/C21H18N8O/c1-23-16-5-3-4-14(8-16)12-29-19-7-6-17(9-15(19)10-26-29)28-21-18(11-27-30-2)20(22)24-13-25-21/h3-11,13H,12H2,2H3,(H3,22,24,25,28). The van der Waals surface area contributed by atoms with Crippen LogP contribution in [0, 0.1) is 6.57 Å². The maximum absolute atomic E-state index is 7.17. The van der Waals surface area contributed by atoms with Crippen molar-refractivity contribution in [2.24, 2.45) is 5.16 Å². The Hall–Kier alpha value is -4.45. The average Bonchev–Trinajstić information content (AvgIpc) is 3.15. The molecule has 30 heavy (non-hydrogen) atoms. The van der Waals surface area contributed by atoms with E-state index >= 15 is 0 Å². The number of rotatable bonds is 6. The number of hydrogen-bond donors (Lipinski definition) is 2. The lowest BCUT2D eigenvalue weighted by Gasteiger charge is -2.10. The predicted octanol–water partition coefficient (Wildman–Crippen LogP) is 3.73. The van der Waals surface area contributed by atoms with Gasteiger partial charge in [-0.05, 0) is 23.8 Å². The third-order valence-corrected chi connectivity index (χ3v) is 4.48. The zero-order chi connectivity index (χ0) is 20.9. The number of nitrogens with zero attached hydrogens (tertiary/aromatic N) is 6. The van der Waals surface area contributed by atoms with Gasteiger partial charge in [0.15, 0.2) is 5.69 Å². The monoisotopic (exact) mass is 398 g/mol. The molecule has 0 aliphatic rings. The molecule has 4 rings (SSSR count). The van der Waals surface area contributed by atoms with Gasteiger partial charge in [-0.2, -0.15) is 5.10 Å². The normalized spacial score (nSPS) is 10.9. The molecule has 2 aromatic carbocycles. The van der Waals surface area contributed by atoms with Gasteiger partial charge in [0.25, 0.3) is 0 Å². The number of hydrogen-bond acceptors (Lipinski definition) is 7. The predicted molar refractivity (Wildman–Crippen MR) is 116 cm³/mol. The summed E-state index contributed by atoms with van der Waals surface area (Å²) in [5, 5.41) is 12.5. The molecule has 9 heteroatoms. The largest absolute Gasteiger partial charge is 0.399 e. The molecule has 0 atom stereocenters.